The van der Waals surface area contributed by atoms with Crippen LogP contribution in [-0.4, -0.2) is 164 Å². The first kappa shape index (κ1) is 60.1. The van der Waals surface area contributed by atoms with Crippen molar-refractivity contribution in [2.24, 2.45) is 5.92 Å². The van der Waals surface area contributed by atoms with Gasteiger partial charge in [-0.25, -0.2) is 9.59 Å². The van der Waals surface area contributed by atoms with E-state index in [4.69, 9.17) is 44.8 Å². The number of methoxy groups -OCH3 is 1. The van der Waals surface area contributed by atoms with E-state index in [9.17, 15) is 44.1 Å². The van der Waals surface area contributed by atoms with Crippen LogP contribution in [0.3, 0.4) is 0 Å². The Kier molecular flexibility index (Phi) is 23.0. The number of halogens is 1. The zero-order chi connectivity index (χ0) is 55.0. The molecule has 0 aliphatic carbocycles. The summed E-state index contributed by atoms with van der Waals surface area (Å²) in [7, 11) is 5.70. The van der Waals surface area contributed by atoms with Gasteiger partial charge >= 0.3 is 18.2 Å². The normalized spacial score (nSPS) is 26.6. The minimum atomic E-state index is -1.31. The maximum atomic E-state index is 14.0. The SMILES string of the molecule is C#C.CC.COc1cc2cc(c1Cl)N(C)C(=O)C[C@H](OC(=O)CN(C)C(=O)CN(C)C(=O)OCc1ccc(O[C@H]3C[C@@H](O)[C@@H](O)[C@@H](CO)O3)c(NC(C)=O)c1)[C@@H]1O[C@H]1C[C@@H]1CC(NC(=O)O1)[C@H](C)/C=C/C=C(\C)C2. The molecule has 0 saturated carbocycles. The van der Waals surface area contributed by atoms with Crippen molar-refractivity contribution in [2.45, 2.75) is 128 Å². The Hall–Kier alpha value is -6.41. The van der Waals surface area contributed by atoms with Crippen molar-refractivity contribution in [3.8, 4) is 24.3 Å². The van der Waals surface area contributed by atoms with Crippen LogP contribution in [0.5, 0.6) is 11.5 Å². The molecular weight excluding hydrogens is 986 g/mol. The number of terminal acetylenes is 1. The van der Waals surface area contributed by atoms with Crippen molar-refractivity contribution >= 4 is 58.9 Å². The number of carbonyl (C=O) groups excluding carboxylic acids is 6. The number of hydrogen-bond donors (Lipinski definition) is 5. The number of carbonyl (C=O) groups is 6. The lowest BCUT2D eigenvalue weighted by atomic mass is 9.92. The van der Waals surface area contributed by atoms with Crippen LogP contribution in [0, 0.1) is 18.8 Å². The first-order valence-electron chi connectivity index (χ1n) is 24.2. The number of aliphatic hydroxyl groups excluding tert-OH is 3. The van der Waals surface area contributed by atoms with Gasteiger partial charge in [0, 0.05) is 53.4 Å². The highest BCUT2D eigenvalue weighted by atomic mass is 35.5. The number of nitrogens with one attached hydrogen (secondary N) is 2. The second-order valence-electron chi connectivity index (χ2n) is 18.0. The molecule has 406 valence electrons. The number of epoxide rings is 1. The van der Waals surface area contributed by atoms with Gasteiger partial charge in [0.25, 0.3) is 0 Å². The average Bonchev–Trinajstić information content (AvgIpc) is 4.13. The number of benzene rings is 2. The molecule has 4 aliphatic rings. The van der Waals surface area contributed by atoms with Crippen molar-refractivity contribution in [1.82, 2.24) is 15.1 Å². The molecule has 5 N–H and O–H groups in total. The van der Waals surface area contributed by atoms with Crippen LogP contribution in [0.25, 0.3) is 0 Å². The third-order valence-corrected chi connectivity index (χ3v) is 12.7. The standard InChI is InChI=1S/C48H62ClN5O16.C2H6.C2H2/c1-25-9-8-10-26(2)31-17-30(66-47(62)51-31)18-37-46(70-37)38(20-40(58)54(6)33-15-29(13-25)16-36(64-7)44(33)49)67-42(60)22-52(4)41(59)21-53(5)48(63)65-24-28-11-12-35(32(14-28)50-27(3)56)68-43-19-34(57)45(61)39(23-55)69-43;2*1-2/h8-12,14-16,26,30-31,34,37-39,43,45-46,55,57,61H,13,17-24H2,1-7H3,(H,50,56)(H,51,62);1-2H3;1-2H/b10-8+,25-9+;;/t26-,30+,31?,34-,37+,38+,39-,43-,45-,46-;;/m1../s1. The fourth-order valence-electron chi connectivity index (χ4n) is 8.33. The van der Waals surface area contributed by atoms with Crippen LogP contribution in [-0.2, 0) is 55.9 Å². The minimum Gasteiger partial charge on any atom is -0.495 e. The van der Waals surface area contributed by atoms with Crippen molar-refractivity contribution in [3.05, 3.63) is 70.3 Å². The van der Waals surface area contributed by atoms with Gasteiger partial charge in [0.05, 0.1) is 43.7 Å². The predicted octanol–water partition coefficient (Wildman–Crippen LogP) is 4.50. The van der Waals surface area contributed by atoms with E-state index in [2.05, 4.69) is 23.5 Å². The molecule has 21 nitrogen and oxygen atoms in total. The van der Waals surface area contributed by atoms with E-state index < -0.39 is 105 Å². The minimum absolute atomic E-state index is 0.0399. The summed E-state index contributed by atoms with van der Waals surface area (Å²) in [6.45, 7) is 7.35. The molecule has 0 radical (unpaired) electrons. The second kappa shape index (κ2) is 28.3. The van der Waals surface area contributed by atoms with Gasteiger partial charge in [-0.05, 0) is 54.7 Å². The number of rotatable bonds is 12. The highest BCUT2D eigenvalue weighted by Gasteiger charge is 2.50. The van der Waals surface area contributed by atoms with Crippen molar-refractivity contribution < 1.29 is 77.2 Å². The van der Waals surface area contributed by atoms with Crippen molar-refractivity contribution in [3.63, 3.8) is 0 Å². The number of ether oxygens (including phenoxy) is 7. The summed E-state index contributed by atoms with van der Waals surface area (Å²) in [4.78, 5) is 82.1. The van der Waals surface area contributed by atoms with Crippen LogP contribution in [0.4, 0.5) is 21.0 Å². The third kappa shape index (κ3) is 16.8. The van der Waals surface area contributed by atoms with Crippen LogP contribution < -0.4 is 25.0 Å². The predicted molar refractivity (Wildman–Crippen MR) is 272 cm³/mol. The molecule has 10 atom stereocenters. The molecule has 4 heterocycles. The second-order valence-corrected chi connectivity index (χ2v) is 18.4. The first-order valence-corrected chi connectivity index (χ1v) is 24.5. The monoisotopic (exact) mass is 1060 g/mol. The number of aliphatic hydroxyl groups is 3. The summed E-state index contributed by atoms with van der Waals surface area (Å²) >= 11 is 6.75. The van der Waals surface area contributed by atoms with E-state index >= 15 is 0 Å². The van der Waals surface area contributed by atoms with Gasteiger partial charge in [0.1, 0.15) is 66.7 Å². The molecule has 4 bridgehead atoms. The quantitative estimate of drug-likeness (QED) is 0.0848. The van der Waals surface area contributed by atoms with Crippen LogP contribution in [0.2, 0.25) is 5.02 Å². The Morgan fingerprint density at radius 3 is 2.39 bits per heavy atom. The molecule has 22 heteroatoms. The van der Waals surface area contributed by atoms with Crippen LogP contribution in [0.1, 0.15) is 71.4 Å². The molecular formula is C52H70ClN5O16. The summed E-state index contributed by atoms with van der Waals surface area (Å²) in [5.74, 6) is -1.94. The topological polar surface area (TPSA) is 265 Å². The Morgan fingerprint density at radius 1 is 1.00 bits per heavy atom. The summed E-state index contributed by atoms with van der Waals surface area (Å²) in [6, 6.07) is 7.88. The van der Waals surface area contributed by atoms with E-state index in [-0.39, 0.29) is 54.3 Å². The van der Waals surface area contributed by atoms with Crippen molar-refractivity contribution in [1.29, 1.82) is 0 Å². The maximum absolute atomic E-state index is 14.0. The average molecular weight is 1060 g/mol. The largest absolute Gasteiger partial charge is 0.495 e. The number of anilines is 2. The van der Waals surface area contributed by atoms with Gasteiger partial charge in [-0.1, -0.05) is 62.2 Å². The number of fused-ring (bicyclic) bond motifs is 5. The van der Waals surface area contributed by atoms with E-state index in [1.54, 1.807) is 25.2 Å². The Balaban J connectivity index is 0.00000289. The Bertz CT molecular complexity index is 2380. The summed E-state index contributed by atoms with van der Waals surface area (Å²) in [5.41, 5.74) is 2.82. The van der Waals surface area contributed by atoms with E-state index in [0.29, 0.717) is 29.8 Å². The number of likely N-dealkylation sites (N-methyl/N-ethyl adjacent to an activating group) is 2. The highest BCUT2D eigenvalue weighted by molar-refractivity contribution is 6.35. The number of hydrogen-bond acceptors (Lipinski definition) is 16. The molecule has 3 saturated heterocycles. The molecule has 2 aromatic carbocycles. The Morgan fingerprint density at radius 2 is 1.72 bits per heavy atom. The lowest BCUT2D eigenvalue weighted by Crippen LogP contribution is -2.51. The van der Waals surface area contributed by atoms with Crippen LogP contribution in [0.15, 0.2) is 54.1 Å². The number of alkyl carbamates (subject to hydrolysis) is 1. The molecule has 1 unspecified atom stereocenters. The zero-order valence-corrected chi connectivity index (χ0v) is 44.0. The number of esters is 1. The van der Waals surface area contributed by atoms with Gasteiger partial charge in [-0.2, -0.15) is 0 Å². The van der Waals surface area contributed by atoms with Crippen LogP contribution >= 0.6 is 11.6 Å². The summed E-state index contributed by atoms with van der Waals surface area (Å²) in [5, 5.41) is 35.5. The van der Waals surface area contributed by atoms with Gasteiger partial charge in [0.2, 0.25) is 24.0 Å². The number of amides is 5. The van der Waals surface area contributed by atoms with E-state index in [1.165, 1.54) is 45.2 Å². The summed E-state index contributed by atoms with van der Waals surface area (Å²) in [6.07, 6.45) is 5.74. The molecule has 74 heavy (non-hydrogen) atoms. The molecule has 4 aliphatic heterocycles. The highest BCUT2D eigenvalue weighted by Crippen LogP contribution is 2.39. The van der Waals surface area contributed by atoms with Gasteiger partial charge in [-0.3, -0.25) is 19.2 Å². The molecule has 3 fully saturated rings. The Labute approximate surface area is 437 Å². The van der Waals surface area contributed by atoms with Crippen molar-refractivity contribution in [2.75, 3.05) is 58.2 Å². The zero-order valence-electron chi connectivity index (χ0n) is 43.3. The first-order chi connectivity index (χ1) is 35.2. The number of nitrogens with zero attached hydrogens (tertiary/aromatic N) is 3. The molecule has 5 amide bonds. The fraction of sp³-hybridized carbons (Fsp3) is 0.538. The maximum Gasteiger partial charge on any atom is 0.410 e. The third-order valence-electron chi connectivity index (χ3n) is 12.4. The van der Waals surface area contributed by atoms with E-state index in [1.807, 2.05) is 45.9 Å². The number of allylic oxidation sites excluding steroid dienone is 3. The smallest absolute Gasteiger partial charge is 0.410 e. The van der Waals surface area contributed by atoms with Gasteiger partial charge in [-0.15, -0.1) is 12.8 Å². The van der Waals surface area contributed by atoms with E-state index in [0.717, 1.165) is 20.9 Å². The fourth-order valence-corrected chi connectivity index (χ4v) is 8.65. The summed E-state index contributed by atoms with van der Waals surface area (Å²) < 4.78 is 39.9. The molecule has 0 spiro atoms. The lowest BCUT2D eigenvalue weighted by molar-refractivity contribution is -0.229. The van der Waals surface area contributed by atoms with Gasteiger partial charge < -0.3 is 73.8 Å². The lowest BCUT2D eigenvalue weighted by Gasteiger charge is -2.36. The molecule has 6 rings (SSSR count). The van der Waals surface area contributed by atoms with Gasteiger partial charge in [0.15, 0.2) is 0 Å². The molecule has 0 aromatic heterocycles. The molecule has 2 aromatic rings.